The van der Waals surface area contributed by atoms with E-state index in [9.17, 15) is 5.11 Å². The van der Waals surface area contributed by atoms with E-state index in [0.29, 0.717) is 0 Å². The van der Waals surface area contributed by atoms with E-state index in [-0.39, 0.29) is 0 Å². The maximum Gasteiger partial charge on any atom is 0.119 e. The van der Waals surface area contributed by atoms with Crippen LogP contribution >= 0.6 is 0 Å². The van der Waals surface area contributed by atoms with Crippen molar-refractivity contribution in [2.45, 2.75) is 13.0 Å². The van der Waals surface area contributed by atoms with E-state index in [1.54, 1.807) is 25.7 Å². The molecule has 84 valence electrons. The Hall–Kier alpha value is -1.74. The van der Waals surface area contributed by atoms with E-state index in [4.69, 9.17) is 9.15 Å². The third-order valence-corrected chi connectivity index (χ3v) is 2.63. The largest absolute Gasteiger partial charge is 0.497 e. The van der Waals surface area contributed by atoms with E-state index in [1.165, 1.54) is 0 Å². The molecular weight excluding hydrogens is 204 g/mol. The number of ether oxygens (including phenoxy) is 1. The summed E-state index contributed by atoms with van der Waals surface area (Å²) in [5, 5.41) is 10.1. The van der Waals surface area contributed by atoms with Crippen molar-refractivity contribution in [1.82, 2.24) is 0 Å². The summed E-state index contributed by atoms with van der Waals surface area (Å²) in [6.07, 6.45) is 2.45. The maximum absolute atomic E-state index is 10.1. The summed E-state index contributed by atoms with van der Waals surface area (Å²) in [6.45, 7) is 1.95. The van der Waals surface area contributed by atoms with Crippen molar-refractivity contribution in [3.8, 4) is 5.75 Å². The molecule has 0 saturated carbocycles. The van der Waals surface area contributed by atoms with E-state index in [2.05, 4.69) is 0 Å². The lowest BCUT2D eigenvalue weighted by Crippen LogP contribution is -2.00. The standard InChI is InChI=1S/C13H14O3/c1-9-7-11(15-2)3-4-12(9)13(14)10-5-6-16-8-10/h3-8,13-14H,1-2H3/t13-/m1/s1. The second-order valence-corrected chi connectivity index (χ2v) is 3.68. The zero-order valence-corrected chi connectivity index (χ0v) is 9.31. The van der Waals surface area contributed by atoms with E-state index >= 15 is 0 Å². The SMILES string of the molecule is COc1ccc([C@H](O)c2ccoc2)c(C)c1. The summed E-state index contributed by atoms with van der Waals surface area (Å²) in [5.74, 6) is 0.792. The molecule has 2 aromatic rings. The van der Waals surface area contributed by atoms with Gasteiger partial charge in [-0.05, 0) is 36.2 Å². The maximum atomic E-state index is 10.1. The molecule has 1 aromatic carbocycles. The number of furan rings is 1. The Kier molecular flexibility index (Phi) is 2.97. The highest BCUT2D eigenvalue weighted by Crippen LogP contribution is 2.27. The number of hydrogen-bond donors (Lipinski definition) is 1. The fourth-order valence-electron chi connectivity index (χ4n) is 1.69. The Balaban J connectivity index is 2.34. The van der Waals surface area contributed by atoms with Crippen LogP contribution in [0.25, 0.3) is 0 Å². The zero-order chi connectivity index (χ0) is 11.5. The minimum Gasteiger partial charge on any atom is -0.497 e. The van der Waals surface area contributed by atoms with Crippen LogP contribution in [-0.4, -0.2) is 12.2 Å². The monoisotopic (exact) mass is 218 g/mol. The van der Waals surface area contributed by atoms with Crippen molar-refractivity contribution < 1.29 is 14.3 Å². The highest BCUT2D eigenvalue weighted by Gasteiger charge is 2.14. The molecule has 0 unspecified atom stereocenters. The molecule has 0 radical (unpaired) electrons. The molecule has 1 aromatic heterocycles. The van der Waals surface area contributed by atoms with Crippen LogP contribution in [0.2, 0.25) is 0 Å². The van der Waals surface area contributed by atoms with E-state index in [0.717, 1.165) is 22.4 Å². The topological polar surface area (TPSA) is 42.6 Å². The third-order valence-electron chi connectivity index (χ3n) is 2.63. The second-order valence-electron chi connectivity index (χ2n) is 3.68. The summed E-state index contributed by atoms with van der Waals surface area (Å²) in [7, 11) is 1.63. The molecule has 1 N–H and O–H groups in total. The second kappa shape index (κ2) is 4.41. The molecule has 3 heteroatoms. The van der Waals surface area contributed by atoms with Gasteiger partial charge in [0.2, 0.25) is 0 Å². The van der Waals surface area contributed by atoms with Gasteiger partial charge in [-0.2, -0.15) is 0 Å². The number of methoxy groups -OCH3 is 1. The van der Waals surface area contributed by atoms with Gasteiger partial charge in [0, 0.05) is 5.56 Å². The van der Waals surface area contributed by atoms with Gasteiger partial charge in [0.15, 0.2) is 0 Å². The minimum atomic E-state index is -0.648. The van der Waals surface area contributed by atoms with Crippen LogP contribution in [0.3, 0.4) is 0 Å². The van der Waals surface area contributed by atoms with Crippen LogP contribution in [0.4, 0.5) is 0 Å². The van der Waals surface area contributed by atoms with Crippen LogP contribution < -0.4 is 4.74 Å². The van der Waals surface area contributed by atoms with Gasteiger partial charge in [-0.25, -0.2) is 0 Å². The number of rotatable bonds is 3. The van der Waals surface area contributed by atoms with Crippen molar-refractivity contribution in [2.24, 2.45) is 0 Å². The molecule has 0 aliphatic heterocycles. The molecule has 0 fully saturated rings. The van der Waals surface area contributed by atoms with Gasteiger partial charge < -0.3 is 14.3 Å². The number of aliphatic hydroxyl groups is 1. The molecule has 0 aliphatic rings. The molecule has 0 spiro atoms. The first-order valence-electron chi connectivity index (χ1n) is 5.07. The molecule has 1 atom stereocenters. The number of hydrogen-bond acceptors (Lipinski definition) is 3. The summed E-state index contributed by atoms with van der Waals surface area (Å²) in [4.78, 5) is 0. The Morgan fingerprint density at radius 3 is 2.69 bits per heavy atom. The lowest BCUT2D eigenvalue weighted by Gasteiger charge is -2.13. The molecule has 0 amide bonds. The lowest BCUT2D eigenvalue weighted by molar-refractivity contribution is 0.218. The van der Waals surface area contributed by atoms with Gasteiger partial charge in [0.1, 0.15) is 11.9 Å². The van der Waals surface area contributed by atoms with Crippen molar-refractivity contribution in [3.63, 3.8) is 0 Å². The van der Waals surface area contributed by atoms with Gasteiger partial charge in [0.05, 0.1) is 19.6 Å². The van der Waals surface area contributed by atoms with Gasteiger partial charge in [-0.3, -0.25) is 0 Å². The first kappa shape index (κ1) is 10.8. The summed E-state index contributed by atoms with van der Waals surface area (Å²) in [5.41, 5.74) is 2.61. The number of aryl methyl sites for hydroxylation is 1. The summed E-state index contributed by atoms with van der Waals surface area (Å²) < 4.78 is 10.1. The molecule has 0 aliphatic carbocycles. The van der Waals surface area contributed by atoms with Crippen LogP contribution in [0, 0.1) is 6.92 Å². The Morgan fingerprint density at radius 2 is 2.12 bits per heavy atom. The molecule has 2 rings (SSSR count). The van der Waals surface area contributed by atoms with E-state index in [1.807, 2.05) is 25.1 Å². The van der Waals surface area contributed by atoms with Gasteiger partial charge in [-0.1, -0.05) is 6.07 Å². The first-order chi connectivity index (χ1) is 7.72. The highest BCUT2D eigenvalue weighted by molar-refractivity contribution is 5.39. The predicted molar refractivity (Wildman–Crippen MR) is 60.5 cm³/mol. The van der Waals surface area contributed by atoms with Crippen molar-refractivity contribution >= 4 is 0 Å². The average Bonchev–Trinajstić information content (AvgIpc) is 2.81. The molecule has 3 nitrogen and oxygen atoms in total. The quantitative estimate of drug-likeness (QED) is 0.861. The number of benzene rings is 1. The first-order valence-corrected chi connectivity index (χ1v) is 5.07. The van der Waals surface area contributed by atoms with E-state index < -0.39 is 6.10 Å². The normalized spacial score (nSPS) is 12.4. The summed E-state index contributed by atoms with van der Waals surface area (Å²) in [6, 6.07) is 7.37. The number of aliphatic hydroxyl groups excluding tert-OH is 1. The third kappa shape index (κ3) is 1.95. The smallest absolute Gasteiger partial charge is 0.119 e. The van der Waals surface area contributed by atoms with Gasteiger partial charge in [0.25, 0.3) is 0 Å². The van der Waals surface area contributed by atoms with Gasteiger partial charge in [-0.15, -0.1) is 0 Å². The van der Waals surface area contributed by atoms with Crippen molar-refractivity contribution in [2.75, 3.05) is 7.11 Å². The molecule has 16 heavy (non-hydrogen) atoms. The Morgan fingerprint density at radius 1 is 1.31 bits per heavy atom. The summed E-state index contributed by atoms with van der Waals surface area (Å²) >= 11 is 0. The van der Waals surface area contributed by atoms with Crippen molar-refractivity contribution in [1.29, 1.82) is 0 Å². The Bertz CT molecular complexity index is 460. The Labute approximate surface area is 94.3 Å². The zero-order valence-electron chi connectivity index (χ0n) is 9.31. The van der Waals surface area contributed by atoms with Crippen LogP contribution in [-0.2, 0) is 0 Å². The van der Waals surface area contributed by atoms with Crippen molar-refractivity contribution in [3.05, 3.63) is 53.5 Å². The van der Waals surface area contributed by atoms with Crippen LogP contribution in [0.1, 0.15) is 22.8 Å². The lowest BCUT2D eigenvalue weighted by atomic mass is 9.99. The molecule has 0 bridgehead atoms. The molecule has 0 saturated heterocycles. The molecule has 1 heterocycles. The average molecular weight is 218 g/mol. The fourth-order valence-corrected chi connectivity index (χ4v) is 1.69. The van der Waals surface area contributed by atoms with Crippen LogP contribution in [0.15, 0.2) is 41.2 Å². The highest BCUT2D eigenvalue weighted by atomic mass is 16.5. The van der Waals surface area contributed by atoms with Gasteiger partial charge >= 0.3 is 0 Å². The molecular formula is C13H14O3. The van der Waals surface area contributed by atoms with Crippen LogP contribution in [0.5, 0.6) is 5.75 Å². The fraction of sp³-hybridized carbons (Fsp3) is 0.231. The predicted octanol–water partition coefficient (Wildman–Crippen LogP) is 2.68. The minimum absolute atomic E-state index is 0.648.